The second-order valence-electron chi connectivity index (χ2n) is 4.64. The molecule has 0 heterocycles. The summed E-state index contributed by atoms with van der Waals surface area (Å²) in [5.74, 6) is -1.60. The molecular weight excluding hydrogens is 282 g/mol. The quantitative estimate of drug-likeness (QED) is 0.828. The first-order valence-corrected chi connectivity index (χ1v) is 8.06. The number of rotatable bonds is 6. The highest BCUT2D eigenvalue weighted by Gasteiger charge is 2.13. The summed E-state index contributed by atoms with van der Waals surface area (Å²) in [5, 5.41) is 11.5. The largest absolute Gasteiger partial charge is 0.478 e. The van der Waals surface area contributed by atoms with Crippen molar-refractivity contribution in [2.45, 2.75) is 19.8 Å². The average Bonchev–Trinajstić information content (AvgIpc) is 2.29. The van der Waals surface area contributed by atoms with E-state index in [-0.39, 0.29) is 29.8 Å². The van der Waals surface area contributed by atoms with Gasteiger partial charge in [0.2, 0.25) is 5.91 Å². The van der Waals surface area contributed by atoms with E-state index < -0.39 is 21.7 Å². The molecule has 0 atom stereocenters. The lowest BCUT2D eigenvalue weighted by Gasteiger charge is -2.09. The van der Waals surface area contributed by atoms with E-state index in [9.17, 15) is 18.0 Å². The van der Waals surface area contributed by atoms with Crippen LogP contribution in [0.1, 0.15) is 28.8 Å². The van der Waals surface area contributed by atoms with E-state index in [1.165, 1.54) is 12.1 Å². The minimum absolute atomic E-state index is 0.0152. The summed E-state index contributed by atoms with van der Waals surface area (Å²) in [4.78, 5) is 22.7. The number of aromatic carboxylic acids is 1. The lowest BCUT2D eigenvalue weighted by Crippen LogP contribution is -2.16. The van der Waals surface area contributed by atoms with Gasteiger partial charge in [-0.05, 0) is 25.5 Å². The Labute approximate surface area is 117 Å². The first kappa shape index (κ1) is 16.2. The summed E-state index contributed by atoms with van der Waals surface area (Å²) < 4.78 is 21.9. The van der Waals surface area contributed by atoms with E-state index in [4.69, 9.17) is 5.11 Å². The summed E-state index contributed by atoms with van der Waals surface area (Å²) in [5.41, 5.74) is 1.01. The van der Waals surface area contributed by atoms with Crippen LogP contribution in [0.2, 0.25) is 0 Å². The number of hydrogen-bond donors (Lipinski definition) is 2. The van der Waals surface area contributed by atoms with Crippen LogP contribution in [0.15, 0.2) is 18.2 Å². The number of carboxylic acid groups (broad SMARTS) is 1. The monoisotopic (exact) mass is 299 g/mol. The molecule has 0 spiro atoms. The Morgan fingerprint density at radius 2 is 1.95 bits per heavy atom. The van der Waals surface area contributed by atoms with Gasteiger partial charge in [0.15, 0.2) is 0 Å². The van der Waals surface area contributed by atoms with Crippen LogP contribution in [0.3, 0.4) is 0 Å². The molecule has 0 aliphatic heterocycles. The minimum Gasteiger partial charge on any atom is -0.478 e. The molecule has 1 aromatic carbocycles. The first-order chi connectivity index (χ1) is 9.19. The number of hydrogen-bond acceptors (Lipinski definition) is 4. The van der Waals surface area contributed by atoms with Gasteiger partial charge in [0.1, 0.15) is 9.84 Å². The predicted molar refractivity (Wildman–Crippen MR) is 75.7 cm³/mol. The van der Waals surface area contributed by atoms with Crippen LogP contribution in [0.4, 0.5) is 5.69 Å². The maximum atomic E-state index is 11.7. The molecule has 0 bridgehead atoms. The number of anilines is 1. The van der Waals surface area contributed by atoms with Crippen LogP contribution in [0, 0.1) is 6.92 Å². The fraction of sp³-hybridized carbons (Fsp3) is 0.385. The van der Waals surface area contributed by atoms with Crippen LogP contribution in [0.25, 0.3) is 0 Å². The number of sulfone groups is 1. The summed E-state index contributed by atoms with van der Waals surface area (Å²) in [6.45, 7) is 1.75. The first-order valence-electron chi connectivity index (χ1n) is 6.00. The van der Waals surface area contributed by atoms with Gasteiger partial charge < -0.3 is 10.4 Å². The molecule has 20 heavy (non-hydrogen) atoms. The Morgan fingerprint density at radius 1 is 1.30 bits per heavy atom. The van der Waals surface area contributed by atoms with E-state index in [2.05, 4.69) is 5.32 Å². The van der Waals surface area contributed by atoms with E-state index in [1.807, 2.05) is 0 Å². The smallest absolute Gasteiger partial charge is 0.337 e. The lowest BCUT2D eigenvalue weighted by molar-refractivity contribution is -0.116. The third-order valence-electron chi connectivity index (χ3n) is 2.60. The molecule has 1 amide bonds. The number of carbonyl (C=O) groups excluding carboxylic acids is 1. The van der Waals surface area contributed by atoms with Gasteiger partial charge in [-0.25, -0.2) is 13.2 Å². The second-order valence-corrected chi connectivity index (χ2v) is 6.90. The third kappa shape index (κ3) is 5.40. The van der Waals surface area contributed by atoms with Gasteiger partial charge in [0.05, 0.1) is 17.0 Å². The number of nitrogens with one attached hydrogen (secondary N) is 1. The molecule has 0 radical (unpaired) electrons. The number of carbonyl (C=O) groups is 2. The Balaban J connectivity index is 2.69. The Bertz CT molecular complexity index is 622. The van der Waals surface area contributed by atoms with Crippen molar-refractivity contribution in [3.8, 4) is 0 Å². The Hall–Kier alpha value is -1.89. The van der Waals surface area contributed by atoms with Crippen molar-refractivity contribution in [1.82, 2.24) is 0 Å². The molecule has 0 saturated carbocycles. The number of aryl methyl sites for hydroxylation is 1. The highest BCUT2D eigenvalue weighted by molar-refractivity contribution is 7.90. The van der Waals surface area contributed by atoms with Gasteiger partial charge in [-0.3, -0.25) is 4.79 Å². The van der Waals surface area contributed by atoms with Gasteiger partial charge >= 0.3 is 5.97 Å². The molecule has 0 aliphatic carbocycles. The van der Waals surface area contributed by atoms with Gasteiger partial charge in [0, 0.05) is 12.7 Å². The zero-order valence-corrected chi connectivity index (χ0v) is 12.2. The zero-order valence-electron chi connectivity index (χ0n) is 11.3. The fourth-order valence-corrected chi connectivity index (χ4v) is 2.32. The number of carboxylic acids is 1. The molecule has 0 aromatic heterocycles. The second kappa shape index (κ2) is 6.51. The molecule has 7 heteroatoms. The van der Waals surface area contributed by atoms with E-state index in [0.29, 0.717) is 0 Å². The van der Waals surface area contributed by atoms with Crippen molar-refractivity contribution < 1.29 is 23.1 Å². The summed E-state index contributed by atoms with van der Waals surface area (Å²) in [6, 6.07) is 4.68. The SMILES string of the molecule is Cc1ccc(NC(=O)CCCS(C)(=O)=O)c(C(=O)O)c1. The third-order valence-corrected chi connectivity index (χ3v) is 3.63. The highest BCUT2D eigenvalue weighted by Crippen LogP contribution is 2.17. The van der Waals surface area contributed by atoms with Crippen LogP contribution in [0.5, 0.6) is 0 Å². The summed E-state index contributed by atoms with van der Waals surface area (Å²) in [7, 11) is -3.09. The minimum atomic E-state index is -3.09. The van der Waals surface area contributed by atoms with Crippen molar-refractivity contribution in [2.75, 3.05) is 17.3 Å². The molecule has 6 nitrogen and oxygen atoms in total. The molecular formula is C13H17NO5S. The molecule has 0 saturated heterocycles. The van der Waals surface area contributed by atoms with Crippen LogP contribution < -0.4 is 5.32 Å². The fourth-order valence-electron chi connectivity index (χ4n) is 1.65. The van der Waals surface area contributed by atoms with Crippen LogP contribution in [-0.2, 0) is 14.6 Å². The predicted octanol–water partition coefficient (Wildman–Crippen LogP) is 1.46. The summed E-state index contributed by atoms with van der Waals surface area (Å²) >= 11 is 0. The standard InChI is InChI=1S/C13H17NO5S/c1-9-5-6-11(10(8-9)13(16)17)14-12(15)4-3-7-20(2,18)19/h5-6,8H,3-4,7H2,1-2H3,(H,14,15)(H,16,17). The van der Waals surface area contributed by atoms with E-state index in [1.54, 1.807) is 13.0 Å². The molecule has 0 fully saturated rings. The maximum absolute atomic E-state index is 11.7. The Morgan fingerprint density at radius 3 is 2.50 bits per heavy atom. The molecule has 0 unspecified atom stereocenters. The van der Waals surface area contributed by atoms with Gasteiger partial charge in [-0.15, -0.1) is 0 Å². The molecule has 1 aromatic rings. The average molecular weight is 299 g/mol. The summed E-state index contributed by atoms with van der Waals surface area (Å²) in [6.07, 6.45) is 1.34. The molecule has 2 N–H and O–H groups in total. The van der Waals surface area contributed by atoms with E-state index in [0.717, 1.165) is 11.8 Å². The van der Waals surface area contributed by atoms with Crippen molar-refractivity contribution in [3.63, 3.8) is 0 Å². The number of amides is 1. The van der Waals surface area contributed by atoms with Crippen LogP contribution in [-0.4, -0.2) is 37.4 Å². The molecule has 0 aliphatic rings. The Kier molecular flexibility index (Phi) is 5.26. The number of benzene rings is 1. The van der Waals surface area contributed by atoms with Gasteiger partial charge in [-0.1, -0.05) is 11.6 Å². The van der Waals surface area contributed by atoms with Crippen molar-refractivity contribution in [2.24, 2.45) is 0 Å². The van der Waals surface area contributed by atoms with Crippen molar-refractivity contribution in [1.29, 1.82) is 0 Å². The van der Waals surface area contributed by atoms with E-state index >= 15 is 0 Å². The van der Waals surface area contributed by atoms with Crippen LogP contribution >= 0.6 is 0 Å². The highest BCUT2D eigenvalue weighted by atomic mass is 32.2. The molecule has 1 rings (SSSR count). The molecule has 110 valence electrons. The van der Waals surface area contributed by atoms with Crippen molar-refractivity contribution >= 4 is 27.4 Å². The maximum Gasteiger partial charge on any atom is 0.337 e. The topological polar surface area (TPSA) is 101 Å². The lowest BCUT2D eigenvalue weighted by atomic mass is 10.1. The van der Waals surface area contributed by atoms with Gasteiger partial charge in [0.25, 0.3) is 0 Å². The van der Waals surface area contributed by atoms with Gasteiger partial charge in [-0.2, -0.15) is 0 Å². The zero-order chi connectivity index (χ0) is 15.3. The normalized spacial score (nSPS) is 11.1. The van der Waals surface area contributed by atoms with Crippen molar-refractivity contribution in [3.05, 3.63) is 29.3 Å².